The van der Waals surface area contributed by atoms with Gasteiger partial charge in [0, 0.05) is 48.4 Å². The van der Waals surface area contributed by atoms with E-state index in [0.717, 1.165) is 15.5 Å². The topological polar surface area (TPSA) is 90.8 Å². The number of hydrogen-bond acceptors (Lipinski definition) is 5. The zero-order chi connectivity index (χ0) is 22.7. The van der Waals surface area contributed by atoms with Crippen LogP contribution in [0.3, 0.4) is 0 Å². The average molecular weight is 451 g/mol. The molecule has 1 N–H and O–H groups in total. The Morgan fingerprint density at radius 3 is 2.48 bits per heavy atom. The van der Waals surface area contributed by atoms with Gasteiger partial charge in [-0.3, -0.25) is 14.1 Å². The summed E-state index contributed by atoms with van der Waals surface area (Å²) in [5.41, 5.74) is -0.392. The quantitative estimate of drug-likeness (QED) is 0.659. The Kier molecular flexibility index (Phi) is 4.80. The molecule has 0 atom stereocenters. The van der Waals surface area contributed by atoms with Crippen molar-refractivity contribution >= 4 is 32.5 Å². The summed E-state index contributed by atoms with van der Waals surface area (Å²) in [6.07, 6.45) is 2.35. The van der Waals surface area contributed by atoms with Gasteiger partial charge in [-0.05, 0) is 12.1 Å². The molecule has 0 aliphatic carbocycles. The molecule has 0 saturated carbocycles. The fourth-order valence-electron chi connectivity index (χ4n) is 3.70. The lowest BCUT2D eigenvalue weighted by Crippen LogP contribution is -2.27. The fourth-order valence-corrected chi connectivity index (χ4v) is 4.24. The minimum atomic E-state index is -3.76. The third kappa shape index (κ3) is 3.34. The van der Waals surface area contributed by atoms with Crippen molar-refractivity contribution in [3.63, 3.8) is 0 Å². The summed E-state index contributed by atoms with van der Waals surface area (Å²) in [7, 11) is -2.47. The summed E-state index contributed by atoms with van der Waals surface area (Å²) in [6, 6.07) is 4.10. The van der Waals surface area contributed by atoms with E-state index in [2.05, 4.69) is 4.98 Å². The molecule has 3 aromatic rings. The maximum absolute atomic E-state index is 14.1. The van der Waals surface area contributed by atoms with Crippen molar-refractivity contribution in [2.45, 2.75) is 13.1 Å². The third-order valence-electron chi connectivity index (χ3n) is 5.23. The Morgan fingerprint density at radius 2 is 1.87 bits per heavy atom. The monoisotopic (exact) mass is 451 g/mol. The second kappa shape index (κ2) is 7.12. The van der Waals surface area contributed by atoms with Crippen LogP contribution in [0.15, 0.2) is 30.5 Å². The highest BCUT2D eigenvalue weighted by Crippen LogP contribution is 2.44. The van der Waals surface area contributed by atoms with Gasteiger partial charge in [-0.15, -0.1) is 0 Å². The number of carbonyl (C=O) groups is 1. The molecule has 11 heteroatoms. The number of benzene rings is 2. The number of anilines is 1. The summed E-state index contributed by atoms with van der Waals surface area (Å²) in [5.74, 6) is -4.63. The first kappa shape index (κ1) is 20.9. The van der Waals surface area contributed by atoms with Crippen molar-refractivity contribution in [3.8, 4) is 5.75 Å². The van der Waals surface area contributed by atoms with Crippen molar-refractivity contribution < 1.29 is 31.5 Å². The lowest BCUT2D eigenvalue weighted by molar-refractivity contribution is 0.0761. The van der Waals surface area contributed by atoms with Crippen LogP contribution in [0.1, 0.15) is 21.5 Å². The van der Waals surface area contributed by atoms with Crippen LogP contribution in [0, 0.1) is 17.5 Å². The Hall–Kier alpha value is -3.34. The van der Waals surface area contributed by atoms with Gasteiger partial charge in [-0.2, -0.15) is 0 Å². The normalized spacial score (nSPS) is 13.7. The first-order valence-electron chi connectivity index (χ1n) is 8.99. The Morgan fingerprint density at radius 1 is 1.23 bits per heavy atom. The van der Waals surface area contributed by atoms with Crippen LogP contribution >= 0.6 is 0 Å². The number of aromatic nitrogens is 1. The van der Waals surface area contributed by atoms with E-state index in [1.807, 2.05) is 0 Å². The van der Waals surface area contributed by atoms with E-state index in [1.165, 1.54) is 13.2 Å². The number of sulfonamides is 1. The van der Waals surface area contributed by atoms with Crippen LogP contribution in [0.25, 0.3) is 10.9 Å². The minimum Gasteiger partial charge on any atom is -0.505 e. The number of carbonyl (C=O) groups excluding carboxylic acids is 1. The van der Waals surface area contributed by atoms with Crippen LogP contribution in [0.5, 0.6) is 5.75 Å². The molecule has 31 heavy (non-hydrogen) atoms. The smallest absolute Gasteiger partial charge is 0.258 e. The number of hydrogen-bond donors (Lipinski definition) is 1. The number of aromatic hydroxyl groups is 1. The first-order valence-corrected chi connectivity index (χ1v) is 10.8. The van der Waals surface area contributed by atoms with E-state index in [9.17, 15) is 31.5 Å². The van der Waals surface area contributed by atoms with Gasteiger partial charge in [0.15, 0.2) is 5.75 Å². The molecule has 2 heterocycles. The van der Waals surface area contributed by atoms with Crippen molar-refractivity contribution in [1.82, 2.24) is 9.88 Å². The minimum absolute atomic E-state index is 0.0149. The highest BCUT2D eigenvalue weighted by Gasteiger charge is 2.37. The van der Waals surface area contributed by atoms with Gasteiger partial charge in [-0.1, -0.05) is 0 Å². The fraction of sp³-hybridized carbons (Fsp3) is 0.200. The second-order valence-corrected chi connectivity index (χ2v) is 9.20. The SMILES string of the molecule is CN(c1c2c(c(O)c3ncccc13)C(=O)N(Cc1c(F)cc(F)cc1F)C2)S(C)(=O)=O. The van der Waals surface area contributed by atoms with Gasteiger partial charge < -0.3 is 10.0 Å². The van der Waals surface area contributed by atoms with E-state index in [4.69, 9.17) is 0 Å². The molecule has 0 radical (unpaired) electrons. The number of amides is 1. The summed E-state index contributed by atoms with van der Waals surface area (Å²) in [4.78, 5) is 18.1. The Balaban J connectivity index is 1.90. The number of fused-ring (bicyclic) bond motifs is 2. The molecule has 162 valence electrons. The summed E-state index contributed by atoms with van der Waals surface area (Å²) in [6.45, 7) is -0.769. The van der Waals surface area contributed by atoms with Crippen molar-refractivity contribution in [3.05, 3.63) is 64.6 Å². The highest BCUT2D eigenvalue weighted by molar-refractivity contribution is 7.92. The van der Waals surface area contributed by atoms with E-state index in [1.54, 1.807) is 12.1 Å². The zero-order valence-electron chi connectivity index (χ0n) is 16.4. The Labute approximate surface area is 175 Å². The van der Waals surface area contributed by atoms with Crippen molar-refractivity contribution in [1.29, 1.82) is 0 Å². The molecule has 0 saturated heterocycles. The summed E-state index contributed by atoms with van der Waals surface area (Å²) >= 11 is 0. The average Bonchev–Trinajstić information content (AvgIpc) is 3.00. The van der Waals surface area contributed by atoms with Crippen molar-refractivity contribution in [2.24, 2.45) is 0 Å². The molecule has 0 spiro atoms. The number of rotatable bonds is 4. The van der Waals surface area contributed by atoms with Gasteiger partial charge in [-0.25, -0.2) is 21.6 Å². The molecule has 2 aromatic carbocycles. The zero-order valence-corrected chi connectivity index (χ0v) is 17.2. The lowest BCUT2D eigenvalue weighted by atomic mass is 10.0. The molecule has 0 unspecified atom stereocenters. The number of nitrogens with zero attached hydrogens (tertiary/aromatic N) is 3. The van der Waals surface area contributed by atoms with Gasteiger partial charge in [0.2, 0.25) is 10.0 Å². The van der Waals surface area contributed by atoms with Crippen LogP contribution in [0.2, 0.25) is 0 Å². The predicted molar refractivity (Wildman–Crippen MR) is 107 cm³/mol. The van der Waals surface area contributed by atoms with E-state index < -0.39 is 51.2 Å². The molecule has 4 rings (SSSR count). The summed E-state index contributed by atoms with van der Waals surface area (Å²) in [5, 5.41) is 11.0. The molecule has 1 aromatic heterocycles. The maximum atomic E-state index is 14.1. The van der Waals surface area contributed by atoms with Crippen LogP contribution in [0.4, 0.5) is 18.9 Å². The highest BCUT2D eigenvalue weighted by atomic mass is 32.2. The predicted octanol–water partition coefficient (Wildman–Crippen LogP) is 2.91. The molecular formula is C20H16F3N3O4S. The number of halogens is 3. The van der Waals surface area contributed by atoms with Crippen LogP contribution in [-0.2, 0) is 23.1 Å². The standard InChI is InChI=1S/C20H16F3N3O4S/c1-25(31(2,29)30)18-11-4-3-5-24-17(11)19(27)16-13(18)9-26(20(16)28)8-12-14(22)6-10(21)7-15(12)23/h3-7,27H,8-9H2,1-2H3. The van der Waals surface area contributed by atoms with Gasteiger partial charge >= 0.3 is 0 Å². The maximum Gasteiger partial charge on any atom is 0.258 e. The molecular weight excluding hydrogens is 435 g/mol. The summed E-state index contributed by atoms with van der Waals surface area (Å²) < 4.78 is 66.9. The largest absolute Gasteiger partial charge is 0.505 e. The molecule has 1 amide bonds. The molecule has 1 aliphatic rings. The van der Waals surface area contributed by atoms with Gasteiger partial charge in [0.25, 0.3) is 5.91 Å². The van der Waals surface area contributed by atoms with Gasteiger partial charge in [0.1, 0.15) is 23.0 Å². The lowest BCUT2D eigenvalue weighted by Gasteiger charge is -2.22. The van der Waals surface area contributed by atoms with E-state index in [0.29, 0.717) is 17.5 Å². The van der Waals surface area contributed by atoms with Crippen molar-refractivity contribution in [2.75, 3.05) is 17.6 Å². The number of phenolic OH excluding ortho intramolecular Hbond substituents is 1. The molecule has 1 aliphatic heterocycles. The Bertz CT molecular complexity index is 1340. The second-order valence-electron chi connectivity index (χ2n) is 7.19. The van der Waals surface area contributed by atoms with Gasteiger partial charge in [0.05, 0.1) is 24.1 Å². The van der Waals surface area contributed by atoms with E-state index in [-0.39, 0.29) is 28.9 Å². The van der Waals surface area contributed by atoms with Crippen LogP contribution in [-0.4, -0.2) is 42.6 Å². The first-order chi connectivity index (χ1) is 14.5. The third-order valence-corrected chi connectivity index (χ3v) is 6.41. The number of phenols is 1. The van der Waals surface area contributed by atoms with Crippen LogP contribution < -0.4 is 4.31 Å². The molecule has 0 fully saturated rings. The molecule has 7 nitrogen and oxygen atoms in total. The number of pyridine rings is 1. The molecule has 0 bridgehead atoms. The van der Waals surface area contributed by atoms with E-state index >= 15 is 0 Å².